The van der Waals surface area contributed by atoms with Gasteiger partial charge in [-0.2, -0.15) is 0 Å². The Hall–Kier alpha value is -2.73. The highest BCUT2D eigenvalue weighted by Gasteiger charge is 2.20. The number of hydrogen-bond donors (Lipinski definition) is 1. The average Bonchev–Trinajstić information content (AvgIpc) is 3.03. The third-order valence-electron chi connectivity index (χ3n) is 4.09. The van der Waals surface area contributed by atoms with Gasteiger partial charge in [-0.15, -0.1) is 11.3 Å². The van der Waals surface area contributed by atoms with Gasteiger partial charge in [0.05, 0.1) is 29.2 Å². The molecule has 0 aliphatic carbocycles. The molecule has 1 heterocycles. The number of carbonyl (C=O) groups is 2. The van der Waals surface area contributed by atoms with E-state index < -0.39 is 0 Å². The predicted molar refractivity (Wildman–Crippen MR) is 104 cm³/mol. The van der Waals surface area contributed by atoms with Gasteiger partial charge < -0.3 is 10.2 Å². The fourth-order valence-electron chi connectivity index (χ4n) is 2.79. The molecule has 0 spiro atoms. The number of nitrogens with zero attached hydrogens (tertiary/aromatic N) is 2. The van der Waals surface area contributed by atoms with Crippen LogP contribution in [-0.2, 0) is 16.1 Å². The van der Waals surface area contributed by atoms with Gasteiger partial charge >= 0.3 is 0 Å². The van der Waals surface area contributed by atoms with Crippen LogP contribution in [0.25, 0.3) is 10.2 Å². The van der Waals surface area contributed by atoms with Crippen LogP contribution in [0.2, 0.25) is 0 Å². The van der Waals surface area contributed by atoms with Gasteiger partial charge in [-0.25, -0.2) is 4.98 Å². The lowest BCUT2D eigenvalue weighted by Crippen LogP contribution is -2.33. The Morgan fingerprint density at radius 1 is 1.12 bits per heavy atom. The first-order chi connectivity index (χ1) is 12.5. The van der Waals surface area contributed by atoms with E-state index in [2.05, 4.69) is 10.3 Å². The predicted octanol–water partition coefficient (Wildman–Crippen LogP) is 3.52. The Bertz CT molecular complexity index is 875. The molecule has 2 amide bonds. The van der Waals surface area contributed by atoms with E-state index in [1.54, 1.807) is 23.3 Å². The van der Waals surface area contributed by atoms with Crippen molar-refractivity contribution < 1.29 is 9.59 Å². The van der Waals surface area contributed by atoms with Crippen LogP contribution < -0.4 is 5.32 Å². The normalized spacial score (nSPS) is 11.9. The molecule has 0 aliphatic rings. The molecule has 0 aliphatic heterocycles. The molecule has 134 valence electrons. The van der Waals surface area contributed by atoms with Gasteiger partial charge in [0.25, 0.3) is 0 Å². The van der Waals surface area contributed by atoms with Crippen molar-refractivity contribution in [1.82, 2.24) is 15.2 Å². The number of para-hydroxylation sites is 1. The maximum absolute atomic E-state index is 12.7. The van der Waals surface area contributed by atoms with Gasteiger partial charge in [0.1, 0.15) is 5.01 Å². The van der Waals surface area contributed by atoms with Crippen LogP contribution in [0.5, 0.6) is 0 Å². The highest BCUT2D eigenvalue weighted by Crippen LogP contribution is 2.23. The third kappa shape index (κ3) is 4.46. The highest BCUT2D eigenvalue weighted by atomic mass is 32.1. The summed E-state index contributed by atoms with van der Waals surface area (Å²) in [5.41, 5.74) is 1.87. The van der Waals surface area contributed by atoms with Crippen LogP contribution >= 0.6 is 11.3 Å². The fourth-order valence-corrected chi connectivity index (χ4v) is 3.81. The Balaban J connectivity index is 1.69. The van der Waals surface area contributed by atoms with Crippen LogP contribution in [0.4, 0.5) is 0 Å². The number of thiazole rings is 1. The van der Waals surface area contributed by atoms with E-state index in [1.165, 1.54) is 6.92 Å². The lowest BCUT2D eigenvalue weighted by atomic mass is 10.0. The Morgan fingerprint density at radius 3 is 2.50 bits per heavy atom. The van der Waals surface area contributed by atoms with Gasteiger partial charge in [0, 0.05) is 14.0 Å². The Labute approximate surface area is 156 Å². The van der Waals surface area contributed by atoms with Gasteiger partial charge in [0.15, 0.2) is 0 Å². The minimum Gasteiger partial charge on any atom is -0.349 e. The summed E-state index contributed by atoms with van der Waals surface area (Å²) in [5.74, 6) is -0.188. The summed E-state index contributed by atoms with van der Waals surface area (Å²) in [4.78, 5) is 30.4. The number of amides is 2. The number of benzene rings is 2. The molecule has 26 heavy (non-hydrogen) atoms. The maximum atomic E-state index is 12.7. The zero-order chi connectivity index (χ0) is 18.5. The summed E-state index contributed by atoms with van der Waals surface area (Å²) in [6, 6.07) is 17.2. The number of carbonyl (C=O) groups excluding carboxylic acids is 2. The van der Waals surface area contributed by atoms with E-state index in [-0.39, 0.29) is 24.3 Å². The number of aromatic nitrogens is 1. The first kappa shape index (κ1) is 18.1. The lowest BCUT2D eigenvalue weighted by Gasteiger charge is -2.22. The van der Waals surface area contributed by atoms with Gasteiger partial charge in [0.2, 0.25) is 11.8 Å². The molecule has 5 nitrogen and oxygen atoms in total. The van der Waals surface area contributed by atoms with Crippen LogP contribution in [0.1, 0.15) is 30.0 Å². The molecule has 1 unspecified atom stereocenters. The second kappa shape index (κ2) is 8.10. The van der Waals surface area contributed by atoms with E-state index >= 15 is 0 Å². The van der Waals surface area contributed by atoms with Gasteiger partial charge in [-0.05, 0) is 17.7 Å². The first-order valence-electron chi connectivity index (χ1n) is 8.43. The largest absolute Gasteiger partial charge is 0.349 e. The monoisotopic (exact) mass is 367 g/mol. The van der Waals surface area contributed by atoms with Crippen LogP contribution in [0, 0.1) is 0 Å². The van der Waals surface area contributed by atoms with Crippen molar-refractivity contribution >= 4 is 33.4 Å². The number of hydrogen-bond acceptors (Lipinski definition) is 4. The number of nitrogens with one attached hydrogen (secondary N) is 1. The molecule has 0 radical (unpaired) electrons. The topological polar surface area (TPSA) is 62.3 Å². The number of rotatable bonds is 6. The van der Waals surface area contributed by atoms with Gasteiger partial charge in [-0.1, -0.05) is 42.5 Å². The first-order valence-corrected chi connectivity index (χ1v) is 9.25. The molecule has 6 heteroatoms. The van der Waals surface area contributed by atoms with Crippen LogP contribution in [0.15, 0.2) is 54.6 Å². The van der Waals surface area contributed by atoms with E-state index in [0.717, 1.165) is 20.8 Å². The van der Waals surface area contributed by atoms with E-state index in [1.807, 2.05) is 54.6 Å². The summed E-state index contributed by atoms with van der Waals surface area (Å²) in [7, 11) is 1.77. The van der Waals surface area contributed by atoms with Crippen molar-refractivity contribution in [2.45, 2.75) is 25.9 Å². The molecule has 1 N–H and O–H groups in total. The van der Waals surface area contributed by atoms with Crippen LogP contribution in [0.3, 0.4) is 0 Å². The Kier molecular flexibility index (Phi) is 5.63. The summed E-state index contributed by atoms with van der Waals surface area (Å²) < 4.78 is 1.11. The maximum Gasteiger partial charge on any atom is 0.225 e. The molecule has 0 fully saturated rings. The molecule has 0 saturated carbocycles. The molecule has 3 aromatic rings. The van der Waals surface area contributed by atoms with Crippen molar-refractivity contribution in [1.29, 1.82) is 0 Å². The molecule has 1 atom stereocenters. The number of fused-ring (bicyclic) bond motifs is 1. The van der Waals surface area contributed by atoms with Gasteiger partial charge in [-0.3, -0.25) is 9.59 Å². The van der Waals surface area contributed by atoms with Crippen molar-refractivity contribution in [3.8, 4) is 0 Å². The Morgan fingerprint density at radius 2 is 1.81 bits per heavy atom. The molecule has 1 aromatic heterocycles. The SMILES string of the molecule is CC(=O)NC(CC(=O)N(C)Cc1nc2ccccc2s1)c1ccccc1. The fraction of sp³-hybridized carbons (Fsp3) is 0.250. The minimum atomic E-state index is -0.334. The van der Waals surface area contributed by atoms with E-state index in [4.69, 9.17) is 0 Å². The van der Waals surface area contributed by atoms with E-state index in [9.17, 15) is 9.59 Å². The quantitative estimate of drug-likeness (QED) is 0.725. The minimum absolute atomic E-state index is 0.0353. The summed E-state index contributed by atoms with van der Waals surface area (Å²) in [6.45, 7) is 1.92. The standard InChI is InChI=1S/C20H21N3O2S/c1-14(24)21-17(15-8-4-3-5-9-15)12-20(25)23(2)13-19-22-16-10-6-7-11-18(16)26-19/h3-11,17H,12-13H2,1-2H3,(H,21,24). The molecule has 0 bridgehead atoms. The second-order valence-corrected chi connectivity index (χ2v) is 7.31. The lowest BCUT2D eigenvalue weighted by molar-refractivity contribution is -0.131. The smallest absolute Gasteiger partial charge is 0.225 e. The zero-order valence-electron chi connectivity index (χ0n) is 14.8. The molecular weight excluding hydrogens is 346 g/mol. The second-order valence-electron chi connectivity index (χ2n) is 6.19. The van der Waals surface area contributed by atoms with Crippen molar-refractivity contribution in [2.75, 3.05) is 7.05 Å². The highest BCUT2D eigenvalue weighted by molar-refractivity contribution is 7.18. The van der Waals surface area contributed by atoms with Crippen LogP contribution in [-0.4, -0.2) is 28.7 Å². The summed E-state index contributed by atoms with van der Waals surface area (Å²) in [5, 5.41) is 3.77. The molecule has 3 rings (SSSR count). The van der Waals surface area contributed by atoms with Crippen molar-refractivity contribution in [3.05, 3.63) is 65.2 Å². The van der Waals surface area contributed by atoms with Crippen molar-refractivity contribution in [3.63, 3.8) is 0 Å². The third-order valence-corrected chi connectivity index (χ3v) is 5.12. The van der Waals surface area contributed by atoms with Crippen molar-refractivity contribution in [2.24, 2.45) is 0 Å². The zero-order valence-corrected chi connectivity index (χ0v) is 15.6. The summed E-state index contributed by atoms with van der Waals surface area (Å²) >= 11 is 1.59. The summed E-state index contributed by atoms with van der Waals surface area (Å²) in [6.07, 6.45) is 0.213. The average molecular weight is 367 g/mol. The molecule has 0 saturated heterocycles. The molecular formula is C20H21N3O2S. The molecule has 2 aromatic carbocycles. The van der Waals surface area contributed by atoms with E-state index in [0.29, 0.717) is 6.54 Å².